The number of hydrogen-bond donors (Lipinski definition) is 1. The maximum Gasteiger partial charge on any atom is 0.357 e. The van der Waals surface area contributed by atoms with Crippen LogP contribution in [0, 0.1) is 12.8 Å². The van der Waals surface area contributed by atoms with Gasteiger partial charge in [0, 0.05) is 10.9 Å². The van der Waals surface area contributed by atoms with Gasteiger partial charge in [0.25, 0.3) is 0 Å². The number of hydrogen-bond acceptors (Lipinski definition) is 5. The van der Waals surface area contributed by atoms with Crippen molar-refractivity contribution in [3.8, 4) is 0 Å². The molecular weight excluding hydrogens is 272 g/mol. The second-order valence-electron chi connectivity index (χ2n) is 5.57. The Labute approximate surface area is 124 Å². The highest BCUT2D eigenvalue weighted by atomic mass is 32.1. The van der Waals surface area contributed by atoms with Crippen LogP contribution in [0.5, 0.6) is 0 Å². The van der Waals surface area contributed by atoms with Gasteiger partial charge >= 0.3 is 5.97 Å². The van der Waals surface area contributed by atoms with Crippen molar-refractivity contribution >= 4 is 22.4 Å². The summed E-state index contributed by atoms with van der Waals surface area (Å²) in [4.78, 5) is 16.8. The van der Waals surface area contributed by atoms with E-state index in [1.165, 1.54) is 57.0 Å². The molecule has 0 radical (unpaired) electrons. The molecule has 5 heteroatoms. The van der Waals surface area contributed by atoms with E-state index < -0.39 is 0 Å². The van der Waals surface area contributed by atoms with Gasteiger partial charge in [-0.15, -0.1) is 11.3 Å². The number of carbonyl (C=O) groups excluding carboxylic acids is 1. The van der Waals surface area contributed by atoms with Gasteiger partial charge in [-0.1, -0.05) is 19.8 Å². The van der Waals surface area contributed by atoms with E-state index in [0.29, 0.717) is 11.7 Å². The molecule has 0 aliphatic heterocycles. The zero-order valence-electron chi connectivity index (χ0n) is 12.6. The summed E-state index contributed by atoms with van der Waals surface area (Å²) < 4.78 is 4.74. The summed E-state index contributed by atoms with van der Waals surface area (Å²) in [5.41, 5.74) is 0.444. The van der Waals surface area contributed by atoms with Gasteiger partial charge in [-0.2, -0.15) is 0 Å². The first kappa shape index (κ1) is 15.3. The number of ether oxygens (including phenoxy) is 1. The molecule has 2 rings (SSSR count). The summed E-state index contributed by atoms with van der Waals surface area (Å²) in [6, 6.07) is 0.499. The van der Waals surface area contributed by atoms with Gasteiger partial charge in [-0.3, -0.25) is 0 Å². The zero-order chi connectivity index (χ0) is 14.5. The van der Waals surface area contributed by atoms with Crippen LogP contribution in [-0.2, 0) is 4.74 Å². The molecule has 0 unspecified atom stereocenters. The Morgan fingerprint density at radius 1 is 1.40 bits per heavy atom. The largest absolute Gasteiger partial charge is 0.464 e. The molecule has 0 atom stereocenters. The molecule has 0 bridgehead atoms. The molecule has 0 saturated heterocycles. The average Bonchev–Trinajstić information content (AvgIpc) is 2.81. The number of aromatic nitrogens is 1. The van der Waals surface area contributed by atoms with E-state index in [-0.39, 0.29) is 5.97 Å². The van der Waals surface area contributed by atoms with Crippen LogP contribution in [0.1, 0.15) is 60.8 Å². The number of anilines is 1. The van der Waals surface area contributed by atoms with Gasteiger partial charge in [-0.05, 0) is 38.5 Å². The molecule has 0 aromatic carbocycles. The van der Waals surface area contributed by atoms with E-state index in [0.717, 1.165) is 15.9 Å². The standard InChI is InChI=1S/C15H24N2O2S/c1-4-5-11-6-8-12(9-7-11)16-15-17-13(10(2)20-15)14(18)19-3/h11-12H,4-9H2,1-3H3,(H,16,17). The Kier molecular flexibility index (Phi) is 5.40. The lowest BCUT2D eigenvalue weighted by molar-refractivity contribution is 0.0594. The maximum absolute atomic E-state index is 11.5. The third-order valence-corrected chi connectivity index (χ3v) is 4.95. The minimum absolute atomic E-state index is 0.349. The quantitative estimate of drug-likeness (QED) is 0.834. The second-order valence-corrected chi connectivity index (χ2v) is 6.77. The average molecular weight is 296 g/mol. The first-order valence-corrected chi connectivity index (χ1v) is 8.28. The van der Waals surface area contributed by atoms with Gasteiger partial charge < -0.3 is 10.1 Å². The Bertz CT molecular complexity index is 451. The lowest BCUT2D eigenvalue weighted by Crippen LogP contribution is -2.26. The lowest BCUT2D eigenvalue weighted by atomic mass is 9.83. The maximum atomic E-state index is 11.5. The van der Waals surface area contributed by atoms with E-state index in [2.05, 4.69) is 17.2 Å². The van der Waals surface area contributed by atoms with E-state index in [9.17, 15) is 4.79 Å². The molecule has 4 nitrogen and oxygen atoms in total. The van der Waals surface area contributed by atoms with Crippen molar-refractivity contribution in [1.29, 1.82) is 0 Å². The molecule has 1 fully saturated rings. The van der Waals surface area contributed by atoms with E-state index >= 15 is 0 Å². The smallest absolute Gasteiger partial charge is 0.357 e. The molecule has 0 amide bonds. The van der Waals surface area contributed by atoms with E-state index in [1.54, 1.807) is 0 Å². The molecule has 0 spiro atoms. The predicted octanol–water partition coefficient (Wildman–Crippen LogP) is 4.01. The summed E-state index contributed by atoms with van der Waals surface area (Å²) in [5.74, 6) is 0.556. The van der Waals surface area contributed by atoms with E-state index in [4.69, 9.17) is 4.74 Å². The third kappa shape index (κ3) is 3.72. The number of esters is 1. The van der Waals surface area contributed by atoms with Crippen molar-refractivity contribution < 1.29 is 9.53 Å². The highest BCUT2D eigenvalue weighted by molar-refractivity contribution is 7.15. The van der Waals surface area contributed by atoms with Gasteiger partial charge in [0.05, 0.1) is 7.11 Å². The van der Waals surface area contributed by atoms with Crippen molar-refractivity contribution in [1.82, 2.24) is 4.98 Å². The van der Waals surface area contributed by atoms with Crippen molar-refractivity contribution in [3.63, 3.8) is 0 Å². The second kappa shape index (κ2) is 7.07. The minimum atomic E-state index is -0.349. The summed E-state index contributed by atoms with van der Waals surface area (Å²) in [7, 11) is 1.39. The Balaban J connectivity index is 1.90. The van der Waals surface area contributed by atoms with Crippen LogP contribution in [0.4, 0.5) is 5.13 Å². The molecule has 1 aliphatic rings. The monoisotopic (exact) mass is 296 g/mol. The fourth-order valence-electron chi connectivity index (χ4n) is 2.92. The van der Waals surface area contributed by atoms with Crippen molar-refractivity contribution in [3.05, 3.63) is 10.6 Å². The first-order chi connectivity index (χ1) is 9.63. The van der Waals surface area contributed by atoms with E-state index in [1.807, 2.05) is 6.92 Å². The first-order valence-electron chi connectivity index (χ1n) is 7.46. The Morgan fingerprint density at radius 3 is 2.70 bits per heavy atom. The Morgan fingerprint density at radius 2 is 2.10 bits per heavy atom. The molecule has 1 aromatic rings. The molecule has 20 heavy (non-hydrogen) atoms. The van der Waals surface area contributed by atoms with Crippen LogP contribution < -0.4 is 5.32 Å². The molecule has 112 valence electrons. The number of methoxy groups -OCH3 is 1. The minimum Gasteiger partial charge on any atom is -0.464 e. The lowest BCUT2D eigenvalue weighted by Gasteiger charge is -2.28. The number of carbonyl (C=O) groups is 1. The van der Waals surface area contributed by atoms with Crippen LogP contribution in [0.3, 0.4) is 0 Å². The topological polar surface area (TPSA) is 51.2 Å². The molecule has 1 aromatic heterocycles. The molecule has 1 heterocycles. The van der Waals surface area contributed by atoms with Crippen molar-refractivity contribution in [2.75, 3.05) is 12.4 Å². The molecule has 1 aliphatic carbocycles. The normalized spacial score (nSPS) is 22.6. The fraction of sp³-hybridized carbons (Fsp3) is 0.733. The van der Waals surface area contributed by atoms with Crippen molar-refractivity contribution in [2.24, 2.45) is 5.92 Å². The summed E-state index contributed by atoms with van der Waals surface area (Å²) in [5, 5.41) is 4.33. The predicted molar refractivity (Wildman–Crippen MR) is 82.5 cm³/mol. The van der Waals surface area contributed by atoms with Crippen LogP contribution in [0.2, 0.25) is 0 Å². The number of aryl methyl sites for hydroxylation is 1. The Hall–Kier alpha value is -1.10. The summed E-state index contributed by atoms with van der Waals surface area (Å²) in [6.45, 7) is 4.17. The van der Waals surface area contributed by atoms with Gasteiger partial charge in [0.15, 0.2) is 10.8 Å². The number of rotatable bonds is 5. The SMILES string of the molecule is CCCC1CCC(Nc2nc(C(=O)OC)c(C)s2)CC1. The van der Waals surface area contributed by atoms with Crippen molar-refractivity contribution in [2.45, 2.75) is 58.4 Å². The van der Waals surface area contributed by atoms with Crippen LogP contribution in [0.15, 0.2) is 0 Å². The zero-order valence-corrected chi connectivity index (χ0v) is 13.4. The molecule has 1 saturated carbocycles. The third-order valence-electron chi connectivity index (χ3n) is 4.05. The summed E-state index contributed by atoms with van der Waals surface area (Å²) >= 11 is 1.54. The van der Waals surface area contributed by atoms with Gasteiger partial charge in [0.2, 0.25) is 0 Å². The van der Waals surface area contributed by atoms with Crippen LogP contribution in [0.25, 0.3) is 0 Å². The van der Waals surface area contributed by atoms with Crippen LogP contribution in [-0.4, -0.2) is 24.1 Å². The number of nitrogens with zero attached hydrogens (tertiary/aromatic N) is 1. The molecule has 1 N–H and O–H groups in total. The highest BCUT2D eigenvalue weighted by Crippen LogP contribution is 2.31. The van der Waals surface area contributed by atoms with Crippen LogP contribution >= 0.6 is 11.3 Å². The fourth-order valence-corrected chi connectivity index (χ4v) is 3.80. The van der Waals surface area contributed by atoms with Gasteiger partial charge in [0.1, 0.15) is 0 Å². The number of nitrogens with one attached hydrogen (secondary N) is 1. The molecular formula is C15H24N2O2S. The number of thiazole rings is 1. The van der Waals surface area contributed by atoms with Gasteiger partial charge in [-0.25, -0.2) is 9.78 Å². The highest BCUT2D eigenvalue weighted by Gasteiger charge is 2.22. The summed E-state index contributed by atoms with van der Waals surface area (Å²) in [6.07, 6.45) is 7.67.